The van der Waals surface area contributed by atoms with Crippen molar-refractivity contribution in [2.45, 2.75) is 76.1 Å². The molecule has 0 aliphatic carbocycles. The van der Waals surface area contributed by atoms with Crippen LogP contribution in [0, 0.1) is 11.8 Å². The Balaban J connectivity index is 1.58. The highest BCUT2D eigenvalue weighted by atomic mass is 32.2. The summed E-state index contributed by atoms with van der Waals surface area (Å²) in [6, 6.07) is 9.77. The van der Waals surface area contributed by atoms with Crippen LogP contribution in [0.4, 0.5) is 28.0 Å². The number of anilines is 1. The van der Waals surface area contributed by atoms with E-state index >= 15 is 13.2 Å². The normalized spacial score (nSPS) is 22.7. The van der Waals surface area contributed by atoms with Crippen molar-refractivity contribution in [3.63, 3.8) is 0 Å². The molecule has 0 spiro atoms. The van der Waals surface area contributed by atoms with Crippen molar-refractivity contribution < 1.29 is 41.8 Å². The van der Waals surface area contributed by atoms with E-state index in [9.17, 15) is 23.9 Å². The highest BCUT2D eigenvalue weighted by Gasteiger charge is 2.57. The van der Waals surface area contributed by atoms with Gasteiger partial charge in [0.15, 0.2) is 0 Å². The molecule has 2 N–H and O–H groups in total. The summed E-state index contributed by atoms with van der Waals surface area (Å²) in [5.41, 5.74) is -3.77. The summed E-state index contributed by atoms with van der Waals surface area (Å²) < 4.78 is 65.7. The van der Waals surface area contributed by atoms with Crippen molar-refractivity contribution in [2.75, 3.05) is 42.6 Å². The zero-order valence-electron chi connectivity index (χ0n) is 28.1. The van der Waals surface area contributed by atoms with Crippen molar-refractivity contribution in [3.05, 3.63) is 54.1 Å². The monoisotopic (exact) mass is 705 g/mol. The molecule has 0 radical (unpaired) electrons. The van der Waals surface area contributed by atoms with Crippen molar-refractivity contribution in [1.29, 1.82) is 0 Å². The van der Waals surface area contributed by atoms with Crippen LogP contribution in [-0.2, 0) is 19.9 Å². The lowest BCUT2D eigenvalue weighted by atomic mass is 9.86. The van der Waals surface area contributed by atoms with Gasteiger partial charge in [-0.25, -0.2) is 9.18 Å². The number of piperazine rings is 1. The van der Waals surface area contributed by atoms with Gasteiger partial charge in [0.2, 0.25) is 11.4 Å². The Bertz CT molecular complexity index is 1550. The fourth-order valence-electron chi connectivity index (χ4n) is 5.55. The molecule has 2 aliphatic rings. The molecule has 14 heteroatoms. The molecule has 49 heavy (non-hydrogen) atoms. The van der Waals surface area contributed by atoms with Gasteiger partial charge >= 0.3 is 12.3 Å². The molecule has 0 saturated carbocycles. The predicted octanol–water partition coefficient (Wildman–Crippen LogP) is 4.25. The van der Waals surface area contributed by atoms with E-state index in [0.29, 0.717) is 31.7 Å². The molecule has 0 unspecified atom stereocenters. The van der Waals surface area contributed by atoms with E-state index in [2.05, 4.69) is 27.4 Å². The maximum absolute atomic E-state index is 15.1. The Labute approximate surface area is 288 Å². The molecule has 2 aromatic carbocycles. The molecule has 9 nitrogen and oxygen atoms in total. The number of carboxylic acids is 1. The number of nitrogens with zero attached hydrogens (tertiary/aromatic N) is 2. The van der Waals surface area contributed by atoms with Crippen LogP contribution < -0.4 is 20.6 Å². The van der Waals surface area contributed by atoms with Crippen molar-refractivity contribution in [2.24, 2.45) is 0 Å². The van der Waals surface area contributed by atoms with Crippen molar-refractivity contribution >= 4 is 35.4 Å². The molecule has 0 bridgehead atoms. The highest BCUT2D eigenvalue weighted by Crippen LogP contribution is 2.41. The van der Waals surface area contributed by atoms with Gasteiger partial charge in [0.25, 0.3) is 0 Å². The topological polar surface area (TPSA) is 114 Å². The second kappa shape index (κ2) is 14.9. The molecular weight excluding hydrogens is 664 g/mol. The van der Waals surface area contributed by atoms with E-state index in [0.717, 1.165) is 36.9 Å². The molecule has 1 fully saturated rings. The first-order valence-electron chi connectivity index (χ1n) is 15.8. The Kier molecular flexibility index (Phi) is 11.5. The number of thioether (sulfide) groups is 1. The van der Waals surface area contributed by atoms with E-state index in [1.54, 1.807) is 4.90 Å². The summed E-state index contributed by atoms with van der Waals surface area (Å²) in [5.74, 6) is 1.70. The van der Waals surface area contributed by atoms with Gasteiger partial charge in [-0.15, -0.1) is 11.8 Å². The van der Waals surface area contributed by atoms with E-state index < -0.39 is 53.4 Å². The molecule has 2 aliphatic heterocycles. The minimum atomic E-state index is -5.07. The van der Waals surface area contributed by atoms with Crippen LogP contribution in [0.3, 0.4) is 0 Å². The van der Waals surface area contributed by atoms with Gasteiger partial charge in [0.05, 0.1) is 23.8 Å². The number of carbonyl (C=O) groups excluding carboxylic acids is 3. The van der Waals surface area contributed by atoms with E-state index in [1.807, 2.05) is 45.0 Å². The van der Waals surface area contributed by atoms with Crippen LogP contribution >= 0.6 is 11.8 Å². The number of amides is 2. The fourth-order valence-corrected chi connectivity index (χ4v) is 6.30. The zero-order chi connectivity index (χ0) is 36.2. The number of ether oxygens (including phenoxy) is 1. The molecule has 0 aromatic heterocycles. The van der Waals surface area contributed by atoms with E-state index in [-0.39, 0.29) is 23.2 Å². The Morgan fingerprint density at radius 3 is 2.04 bits per heavy atom. The summed E-state index contributed by atoms with van der Waals surface area (Å²) in [6.07, 6.45) is -6.11. The first-order chi connectivity index (χ1) is 22.8. The molecule has 3 atom stereocenters. The van der Waals surface area contributed by atoms with Gasteiger partial charge in [-0.3, -0.25) is 10.1 Å². The van der Waals surface area contributed by atoms with Gasteiger partial charge in [-0.1, -0.05) is 48.2 Å². The Morgan fingerprint density at radius 2 is 1.53 bits per heavy atom. The number of nitrogens with one attached hydrogen (secondary N) is 2. The number of carbonyl (C=O) groups is 3. The second-order valence-corrected chi connectivity index (χ2v) is 14.7. The number of hydrogen-bond donors (Lipinski definition) is 2. The van der Waals surface area contributed by atoms with Gasteiger partial charge in [-0.05, 0) is 63.4 Å². The van der Waals surface area contributed by atoms with Crippen LogP contribution in [-0.4, -0.2) is 90.1 Å². The van der Waals surface area contributed by atoms with E-state index in [1.165, 1.54) is 24.3 Å². The highest BCUT2D eigenvalue weighted by molar-refractivity contribution is 7.99. The Hall–Kier alpha value is -3.96. The largest absolute Gasteiger partial charge is 0.548 e. The van der Waals surface area contributed by atoms with Crippen LogP contribution in [0.1, 0.15) is 46.6 Å². The SMILES string of the molecule is CC(C)(F)C[C@@H]1N[C@@](c2ccc(-c3ccc(N4CCN(C(=O)OC(C)(C)C)CC4)cc3)cc2)(C(F)(F)F)C#CCSC[C@@H](C(=O)[O-])NC1=O. The smallest absolute Gasteiger partial charge is 0.422 e. The van der Waals surface area contributed by atoms with Crippen molar-refractivity contribution in [3.8, 4) is 23.0 Å². The lowest BCUT2D eigenvalue weighted by molar-refractivity contribution is -0.307. The number of aliphatic carboxylic acids is 1. The first kappa shape index (κ1) is 37.9. The molecule has 266 valence electrons. The molecule has 4 rings (SSSR count). The standard InChI is InChI=1S/C35H42F4N4O5S/c1-32(2,3)48-31(47)43-18-16-42(17-19-43)26-13-9-24(10-14-26)23-7-11-25(12-8-23)34(35(37,38)39)15-6-20-49-22-28(30(45)46)40-29(44)27(41-34)21-33(4,5)36/h7-14,27-28,41H,16-22H2,1-5H3,(H,40,44)(H,45,46)/p-1/t27-,28-,34-/m0/s1. The molecule has 1 saturated heterocycles. The third-order valence-corrected chi connectivity index (χ3v) is 8.89. The van der Waals surface area contributed by atoms with Gasteiger partial charge in [-0.2, -0.15) is 13.2 Å². The lowest BCUT2D eigenvalue weighted by Gasteiger charge is -2.37. The number of hydrogen-bond acceptors (Lipinski definition) is 8. The quantitative estimate of drug-likeness (QED) is 0.339. The second-order valence-electron chi connectivity index (χ2n) is 13.6. The molecular formula is C35H41F4N4O5S-. The van der Waals surface area contributed by atoms with Crippen LogP contribution in [0.5, 0.6) is 0 Å². The van der Waals surface area contributed by atoms with Gasteiger partial charge in [0, 0.05) is 44.0 Å². The first-order valence-corrected chi connectivity index (χ1v) is 17.0. The predicted molar refractivity (Wildman–Crippen MR) is 178 cm³/mol. The summed E-state index contributed by atoms with van der Waals surface area (Å²) in [6.45, 7) is 9.89. The fraction of sp³-hybridized carbons (Fsp3) is 0.514. The van der Waals surface area contributed by atoms with Crippen LogP contribution in [0.25, 0.3) is 11.1 Å². The maximum Gasteiger partial charge on any atom is 0.422 e. The zero-order valence-corrected chi connectivity index (χ0v) is 28.9. The number of alkyl halides is 4. The van der Waals surface area contributed by atoms with Gasteiger partial charge in [0.1, 0.15) is 11.3 Å². The molecule has 2 aromatic rings. The van der Waals surface area contributed by atoms with E-state index in [4.69, 9.17) is 4.74 Å². The van der Waals surface area contributed by atoms with Crippen LogP contribution in [0.15, 0.2) is 48.5 Å². The average molecular weight is 706 g/mol. The van der Waals surface area contributed by atoms with Gasteiger partial charge < -0.3 is 29.8 Å². The Morgan fingerprint density at radius 1 is 0.959 bits per heavy atom. The summed E-state index contributed by atoms with van der Waals surface area (Å²) in [4.78, 5) is 41.0. The number of carboxylic acid groups (broad SMARTS) is 1. The lowest BCUT2D eigenvalue weighted by Crippen LogP contribution is -2.62. The summed E-state index contributed by atoms with van der Waals surface area (Å²) in [5, 5.41) is 16.1. The van der Waals surface area contributed by atoms with Crippen molar-refractivity contribution in [1.82, 2.24) is 15.5 Å². The average Bonchev–Trinajstić information content (AvgIpc) is 3.04. The summed E-state index contributed by atoms with van der Waals surface area (Å²) in [7, 11) is 0. The molecule has 2 amide bonds. The third kappa shape index (κ3) is 9.82. The number of rotatable bonds is 6. The number of halogens is 4. The summed E-state index contributed by atoms with van der Waals surface area (Å²) >= 11 is 0.930. The molecule has 2 heterocycles. The minimum Gasteiger partial charge on any atom is -0.548 e. The van der Waals surface area contributed by atoms with Crippen LogP contribution in [0.2, 0.25) is 0 Å². The number of benzene rings is 2. The third-order valence-electron chi connectivity index (χ3n) is 7.97. The minimum absolute atomic E-state index is 0.154. The maximum atomic E-state index is 15.1.